The summed E-state index contributed by atoms with van der Waals surface area (Å²) in [4.78, 5) is 22.2. The minimum absolute atomic E-state index is 0.0152. The van der Waals surface area contributed by atoms with Crippen molar-refractivity contribution in [1.29, 1.82) is 0 Å². The first kappa shape index (κ1) is 13.0. The Morgan fingerprint density at radius 3 is 2.50 bits per heavy atom. The van der Waals surface area contributed by atoms with Crippen molar-refractivity contribution in [1.82, 2.24) is 10.6 Å². The van der Waals surface area contributed by atoms with Crippen molar-refractivity contribution < 1.29 is 14.7 Å². The Kier molecular flexibility index (Phi) is 4.73. The first-order valence-corrected chi connectivity index (χ1v) is 5.73. The Hall–Kier alpha value is -1.10. The lowest BCUT2D eigenvalue weighted by atomic mass is 9.88. The summed E-state index contributed by atoms with van der Waals surface area (Å²) in [6.45, 7) is 5.81. The van der Waals surface area contributed by atoms with Crippen molar-refractivity contribution in [3.63, 3.8) is 0 Å². The van der Waals surface area contributed by atoms with Crippen molar-refractivity contribution in [2.45, 2.75) is 20.3 Å². The average Bonchev–Trinajstić information content (AvgIpc) is 2.14. The molecule has 92 valence electrons. The van der Waals surface area contributed by atoms with Crippen LogP contribution in [0, 0.1) is 17.8 Å². The van der Waals surface area contributed by atoms with Gasteiger partial charge in [-0.25, -0.2) is 0 Å². The predicted octanol–water partition coefficient (Wildman–Crippen LogP) is 0.0689. The standard InChI is InChI=1S/C11H20N2O3/c1-7(11(15)16)3-4-13-10(14)8(2)9-5-12-6-9/h7-9,12H,3-6H2,1-2H3,(H,13,14)(H,15,16). The van der Waals surface area contributed by atoms with Crippen LogP contribution in [0.2, 0.25) is 0 Å². The molecule has 1 amide bonds. The third-order valence-corrected chi connectivity index (χ3v) is 3.23. The quantitative estimate of drug-likeness (QED) is 0.601. The number of amides is 1. The number of carboxylic acid groups (broad SMARTS) is 1. The van der Waals surface area contributed by atoms with Gasteiger partial charge in [-0.1, -0.05) is 13.8 Å². The lowest BCUT2D eigenvalue weighted by Gasteiger charge is -2.31. The second-order valence-electron chi connectivity index (χ2n) is 4.53. The predicted molar refractivity (Wildman–Crippen MR) is 60.0 cm³/mol. The lowest BCUT2D eigenvalue weighted by Crippen LogP contribution is -2.49. The summed E-state index contributed by atoms with van der Waals surface area (Å²) >= 11 is 0. The Labute approximate surface area is 95.6 Å². The van der Waals surface area contributed by atoms with Crippen LogP contribution in [0.25, 0.3) is 0 Å². The molecule has 0 radical (unpaired) electrons. The van der Waals surface area contributed by atoms with E-state index in [0.717, 1.165) is 13.1 Å². The molecule has 0 aromatic heterocycles. The Balaban J connectivity index is 2.16. The molecular formula is C11H20N2O3. The van der Waals surface area contributed by atoms with Gasteiger partial charge in [-0.15, -0.1) is 0 Å². The monoisotopic (exact) mass is 228 g/mol. The van der Waals surface area contributed by atoms with Gasteiger partial charge in [0, 0.05) is 12.5 Å². The SMILES string of the molecule is CC(CCNC(=O)C(C)C1CNC1)C(=O)O. The molecule has 1 saturated heterocycles. The van der Waals surface area contributed by atoms with Crippen molar-refractivity contribution in [2.75, 3.05) is 19.6 Å². The van der Waals surface area contributed by atoms with Crippen LogP contribution in [0.5, 0.6) is 0 Å². The summed E-state index contributed by atoms with van der Waals surface area (Å²) in [6, 6.07) is 0. The topological polar surface area (TPSA) is 78.4 Å². The number of carbonyl (C=O) groups is 2. The summed E-state index contributed by atoms with van der Waals surface area (Å²) in [5, 5.41) is 14.6. The van der Waals surface area contributed by atoms with E-state index in [0.29, 0.717) is 18.9 Å². The van der Waals surface area contributed by atoms with Crippen LogP contribution in [0.1, 0.15) is 20.3 Å². The normalized spacial score (nSPS) is 19.6. The maximum absolute atomic E-state index is 11.6. The molecule has 3 N–H and O–H groups in total. The number of hydrogen-bond donors (Lipinski definition) is 3. The van der Waals surface area contributed by atoms with E-state index in [4.69, 9.17) is 5.11 Å². The van der Waals surface area contributed by atoms with E-state index in [1.165, 1.54) is 0 Å². The molecule has 1 rings (SSSR count). The van der Waals surface area contributed by atoms with E-state index < -0.39 is 11.9 Å². The minimum atomic E-state index is -0.814. The largest absolute Gasteiger partial charge is 0.481 e. The highest BCUT2D eigenvalue weighted by atomic mass is 16.4. The molecule has 0 spiro atoms. The molecule has 1 heterocycles. The van der Waals surface area contributed by atoms with E-state index in [1.807, 2.05) is 6.92 Å². The maximum atomic E-state index is 11.6. The van der Waals surface area contributed by atoms with Crippen LogP contribution in [0.15, 0.2) is 0 Å². The molecule has 2 unspecified atom stereocenters. The zero-order valence-corrected chi connectivity index (χ0v) is 9.82. The molecule has 0 saturated carbocycles. The van der Waals surface area contributed by atoms with Gasteiger partial charge in [0.15, 0.2) is 0 Å². The lowest BCUT2D eigenvalue weighted by molar-refractivity contribution is -0.141. The van der Waals surface area contributed by atoms with Gasteiger partial charge in [0.05, 0.1) is 5.92 Å². The Morgan fingerprint density at radius 2 is 2.06 bits per heavy atom. The van der Waals surface area contributed by atoms with Gasteiger partial charge in [-0.2, -0.15) is 0 Å². The highest BCUT2D eigenvalue weighted by Gasteiger charge is 2.28. The molecule has 16 heavy (non-hydrogen) atoms. The number of carbonyl (C=O) groups excluding carboxylic acids is 1. The smallest absolute Gasteiger partial charge is 0.306 e. The Morgan fingerprint density at radius 1 is 1.44 bits per heavy atom. The zero-order valence-electron chi connectivity index (χ0n) is 9.82. The van der Waals surface area contributed by atoms with E-state index in [1.54, 1.807) is 6.92 Å². The summed E-state index contributed by atoms with van der Waals surface area (Å²) in [5.74, 6) is -0.742. The van der Waals surface area contributed by atoms with E-state index in [2.05, 4.69) is 10.6 Å². The summed E-state index contributed by atoms with van der Waals surface area (Å²) in [5.41, 5.74) is 0. The summed E-state index contributed by atoms with van der Waals surface area (Å²) in [6.07, 6.45) is 0.483. The van der Waals surface area contributed by atoms with Crippen LogP contribution in [0.4, 0.5) is 0 Å². The van der Waals surface area contributed by atoms with Gasteiger partial charge < -0.3 is 15.7 Å². The zero-order chi connectivity index (χ0) is 12.1. The highest BCUT2D eigenvalue weighted by Crippen LogP contribution is 2.15. The molecule has 5 nitrogen and oxygen atoms in total. The summed E-state index contributed by atoms with van der Waals surface area (Å²) in [7, 11) is 0. The molecular weight excluding hydrogens is 208 g/mol. The van der Waals surface area contributed by atoms with Gasteiger partial charge in [-0.3, -0.25) is 9.59 Å². The second-order valence-corrected chi connectivity index (χ2v) is 4.53. The first-order chi connectivity index (χ1) is 7.52. The van der Waals surface area contributed by atoms with Crippen molar-refractivity contribution >= 4 is 11.9 Å². The van der Waals surface area contributed by atoms with Gasteiger partial charge in [0.1, 0.15) is 0 Å². The number of rotatable bonds is 6. The van der Waals surface area contributed by atoms with Crippen LogP contribution in [-0.2, 0) is 9.59 Å². The van der Waals surface area contributed by atoms with E-state index in [-0.39, 0.29) is 11.8 Å². The molecule has 5 heteroatoms. The molecule has 0 aliphatic carbocycles. The maximum Gasteiger partial charge on any atom is 0.306 e. The van der Waals surface area contributed by atoms with Crippen LogP contribution < -0.4 is 10.6 Å². The van der Waals surface area contributed by atoms with Crippen molar-refractivity contribution in [3.05, 3.63) is 0 Å². The number of carboxylic acids is 1. The van der Waals surface area contributed by atoms with Gasteiger partial charge in [0.25, 0.3) is 0 Å². The Bertz CT molecular complexity index is 264. The van der Waals surface area contributed by atoms with Gasteiger partial charge in [-0.05, 0) is 25.4 Å². The van der Waals surface area contributed by atoms with Crippen LogP contribution in [0.3, 0.4) is 0 Å². The van der Waals surface area contributed by atoms with Gasteiger partial charge in [0.2, 0.25) is 5.91 Å². The van der Waals surface area contributed by atoms with Crippen LogP contribution in [-0.4, -0.2) is 36.6 Å². The van der Waals surface area contributed by atoms with Gasteiger partial charge >= 0.3 is 5.97 Å². The fraction of sp³-hybridized carbons (Fsp3) is 0.818. The van der Waals surface area contributed by atoms with Crippen LogP contribution >= 0.6 is 0 Å². The molecule has 1 aliphatic rings. The fourth-order valence-corrected chi connectivity index (χ4v) is 1.57. The highest BCUT2D eigenvalue weighted by molar-refractivity contribution is 5.78. The molecule has 0 bridgehead atoms. The second kappa shape index (κ2) is 5.84. The van der Waals surface area contributed by atoms with Crippen molar-refractivity contribution in [2.24, 2.45) is 17.8 Å². The number of hydrogen-bond acceptors (Lipinski definition) is 3. The minimum Gasteiger partial charge on any atom is -0.481 e. The third kappa shape index (κ3) is 3.48. The molecule has 1 aliphatic heterocycles. The molecule has 0 aromatic carbocycles. The summed E-state index contributed by atoms with van der Waals surface area (Å²) < 4.78 is 0. The van der Waals surface area contributed by atoms with E-state index in [9.17, 15) is 9.59 Å². The van der Waals surface area contributed by atoms with Crippen molar-refractivity contribution in [3.8, 4) is 0 Å². The van der Waals surface area contributed by atoms with E-state index >= 15 is 0 Å². The molecule has 1 fully saturated rings. The first-order valence-electron chi connectivity index (χ1n) is 5.73. The third-order valence-electron chi connectivity index (χ3n) is 3.23. The number of nitrogens with one attached hydrogen (secondary N) is 2. The number of aliphatic carboxylic acids is 1. The molecule has 0 aromatic rings. The average molecular weight is 228 g/mol. The fourth-order valence-electron chi connectivity index (χ4n) is 1.57. The molecule has 2 atom stereocenters.